The highest BCUT2D eigenvalue weighted by Gasteiger charge is 2.25. The second kappa shape index (κ2) is 7.90. The van der Waals surface area contributed by atoms with Crippen molar-refractivity contribution in [2.75, 3.05) is 0 Å². The van der Waals surface area contributed by atoms with Crippen LogP contribution >= 0.6 is 0 Å². The summed E-state index contributed by atoms with van der Waals surface area (Å²) < 4.78 is 4.22. The number of aryl methyl sites for hydroxylation is 1. The second-order valence-electron chi connectivity index (χ2n) is 8.41. The topological polar surface area (TPSA) is 26.9 Å². The van der Waals surface area contributed by atoms with Gasteiger partial charge in [0.2, 0.25) is 0 Å². The minimum absolute atomic E-state index is 0.0832. The first-order valence-electron chi connectivity index (χ1n) is 10.7. The van der Waals surface area contributed by atoms with Crippen molar-refractivity contribution in [2.45, 2.75) is 58.5 Å². The highest BCUT2D eigenvalue weighted by atomic mass is 16.1. The van der Waals surface area contributed by atoms with Crippen molar-refractivity contribution in [3.63, 3.8) is 0 Å². The van der Waals surface area contributed by atoms with Crippen LogP contribution in [-0.2, 0) is 12.1 Å². The van der Waals surface area contributed by atoms with Crippen LogP contribution in [0.4, 0.5) is 0 Å². The molecule has 0 saturated carbocycles. The Hall–Kier alpha value is -2.81. The Morgan fingerprint density at radius 1 is 0.828 bits per heavy atom. The number of hydrogen-bond acceptors (Lipinski definition) is 1. The van der Waals surface area contributed by atoms with Crippen molar-refractivity contribution in [1.82, 2.24) is 9.13 Å². The molecule has 2 aromatic heterocycles. The second-order valence-corrected chi connectivity index (χ2v) is 8.41. The number of aromatic nitrogens is 2. The van der Waals surface area contributed by atoms with E-state index in [-0.39, 0.29) is 5.56 Å². The maximum absolute atomic E-state index is 13.7. The summed E-state index contributed by atoms with van der Waals surface area (Å²) >= 11 is 0. The number of nitrogens with zero attached hydrogens (tertiary/aromatic N) is 2. The first-order valence-corrected chi connectivity index (χ1v) is 10.7. The molecular formula is C26H30N2O. The third-order valence-corrected chi connectivity index (χ3v) is 6.14. The van der Waals surface area contributed by atoms with Gasteiger partial charge in [0.25, 0.3) is 5.56 Å². The standard InChI is InChI=1S/C26H30N2O/c1-4-5-6-12-18-27-22-16-11-10-15-21(22)24-23(27)17-19-28(25(24)29)26(2,3)20-13-8-7-9-14-20/h7-11,13-17,19H,4-6,12,18H2,1-3H3. The number of hydrogen-bond donors (Lipinski definition) is 0. The van der Waals surface area contributed by atoms with Crippen LogP contribution in [0.25, 0.3) is 21.8 Å². The molecule has 0 saturated heterocycles. The molecule has 0 aliphatic carbocycles. The lowest BCUT2D eigenvalue weighted by atomic mass is 9.93. The van der Waals surface area contributed by atoms with Gasteiger partial charge in [0.05, 0.1) is 16.4 Å². The van der Waals surface area contributed by atoms with Crippen LogP contribution in [0, 0.1) is 0 Å². The molecule has 2 heterocycles. The van der Waals surface area contributed by atoms with Crippen molar-refractivity contribution in [1.29, 1.82) is 0 Å². The quantitative estimate of drug-likeness (QED) is 0.341. The highest BCUT2D eigenvalue weighted by molar-refractivity contribution is 6.07. The minimum atomic E-state index is -0.420. The molecule has 0 radical (unpaired) electrons. The molecule has 2 aromatic carbocycles. The van der Waals surface area contributed by atoms with Crippen molar-refractivity contribution in [3.8, 4) is 0 Å². The fourth-order valence-corrected chi connectivity index (χ4v) is 4.42. The van der Waals surface area contributed by atoms with Gasteiger partial charge in [0, 0.05) is 23.6 Å². The van der Waals surface area contributed by atoms with E-state index in [1.807, 2.05) is 35.0 Å². The van der Waals surface area contributed by atoms with E-state index < -0.39 is 5.54 Å². The van der Waals surface area contributed by atoms with Gasteiger partial charge in [-0.2, -0.15) is 0 Å². The van der Waals surface area contributed by atoms with E-state index in [0.717, 1.165) is 40.3 Å². The van der Waals surface area contributed by atoms with Gasteiger partial charge in [-0.25, -0.2) is 0 Å². The van der Waals surface area contributed by atoms with Crippen LogP contribution in [0.5, 0.6) is 0 Å². The Labute approximate surface area is 172 Å². The third kappa shape index (κ3) is 3.39. The van der Waals surface area contributed by atoms with Crippen LogP contribution in [0.3, 0.4) is 0 Å². The predicted molar refractivity (Wildman–Crippen MR) is 123 cm³/mol. The van der Waals surface area contributed by atoms with Gasteiger partial charge in [0.1, 0.15) is 0 Å². The Bertz CT molecular complexity index is 1180. The predicted octanol–water partition coefficient (Wildman–Crippen LogP) is 6.32. The van der Waals surface area contributed by atoms with Crippen LogP contribution in [0.2, 0.25) is 0 Å². The van der Waals surface area contributed by atoms with Crippen molar-refractivity contribution < 1.29 is 0 Å². The van der Waals surface area contributed by atoms with Gasteiger partial charge in [-0.1, -0.05) is 74.7 Å². The molecule has 0 aliphatic rings. The third-order valence-electron chi connectivity index (χ3n) is 6.14. The number of unbranched alkanes of at least 4 members (excludes halogenated alkanes) is 3. The average Bonchev–Trinajstić information content (AvgIpc) is 3.06. The van der Waals surface area contributed by atoms with Gasteiger partial charge in [0.15, 0.2) is 0 Å². The smallest absolute Gasteiger partial charge is 0.261 e. The zero-order valence-corrected chi connectivity index (χ0v) is 17.7. The van der Waals surface area contributed by atoms with Crippen LogP contribution < -0.4 is 5.56 Å². The monoisotopic (exact) mass is 386 g/mol. The van der Waals surface area contributed by atoms with Crippen molar-refractivity contribution in [3.05, 3.63) is 82.8 Å². The molecule has 4 rings (SSSR count). The molecule has 0 atom stereocenters. The van der Waals surface area contributed by atoms with Crippen molar-refractivity contribution >= 4 is 21.8 Å². The molecule has 0 N–H and O–H groups in total. The van der Waals surface area contributed by atoms with E-state index in [1.54, 1.807) is 0 Å². The fraction of sp³-hybridized carbons (Fsp3) is 0.346. The van der Waals surface area contributed by atoms with E-state index >= 15 is 0 Å². The molecule has 150 valence electrons. The molecule has 0 unspecified atom stereocenters. The molecule has 4 aromatic rings. The molecule has 0 spiro atoms. The zero-order chi connectivity index (χ0) is 20.4. The molecule has 3 heteroatoms. The Balaban J connectivity index is 1.89. The maximum atomic E-state index is 13.7. The molecule has 0 fully saturated rings. The molecule has 3 nitrogen and oxygen atoms in total. The van der Waals surface area contributed by atoms with E-state index in [0.29, 0.717) is 0 Å². The lowest BCUT2D eigenvalue weighted by molar-refractivity contribution is 0.424. The van der Waals surface area contributed by atoms with E-state index in [9.17, 15) is 4.79 Å². The molecule has 0 bridgehead atoms. The molecule has 0 amide bonds. The molecular weight excluding hydrogens is 356 g/mol. The summed E-state index contributed by atoms with van der Waals surface area (Å²) in [5, 5.41) is 1.89. The Morgan fingerprint density at radius 2 is 1.55 bits per heavy atom. The van der Waals surface area contributed by atoms with Crippen LogP contribution in [0.1, 0.15) is 52.0 Å². The zero-order valence-electron chi connectivity index (χ0n) is 17.7. The average molecular weight is 387 g/mol. The summed E-state index contributed by atoms with van der Waals surface area (Å²) in [5.74, 6) is 0. The van der Waals surface area contributed by atoms with E-state index in [4.69, 9.17) is 0 Å². The molecule has 0 aliphatic heterocycles. The number of pyridine rings is 1. The lowest BCUT2D eigenvalue weighted by Crippen LogP contribution is -2.36. The number of rotatable bonds is 7. The first kappa shape index (κ1) is 19.5. The van der Waals surface area contributed by atoms with Gasteiger partial charge >= 0.3 is 0 Å². The SMILES string of the molecule is CCCCCCn1c2ccccc2c2c(=O)n(C(C)(C)c3ccccc3)ccc21. The van der Waals surface area contributed by atoms with Gasteiger partial charge in [-0.05, 0) is 38.0 Å². The van der Waals surface area contributed by atoms with E-state index in [1.165, 1.54) is 19.3 Å². The Kier molecular flexibility index (Phi) is 5.31. The van der Waals surface area contributed by atoms with Crippen LogP contribution in [0.15, 0.2) is 71.7 Å². The highest BCUT2D eigenvalue weighted by Crippen LogP contribution is 2.30. The van der Waals surface area contributed by atoms with Crippen LogP contribution in [-0.4, -0.2) is 9.13 Å². The Morgan fingerprint density at radius 3 is 2.31 bits per heavy atom. The fourth-order valence-electron chi connectivity index (χ4n) is 4.42. The summed E-state index contributed by atoms with van der Waals surface area (Å²) in [5.41, 5.74) is 3.00. The largest absolute Gasteiger partial charge is 0.340 e. The molecule has 29 heavy (non-hydrogen) atoms. The van der Waals surface area contributed by atoms with Gasteiger partial charge < -0.3 is 9.13 Å². The summed E-state index contributed by atoms with van der Waals surface area (Å²) in [6, 6.07) is 20.7. The summed E-state index contributed by atoms with van der Waals surface area (Å²) in [6.07, 6.45) is 6.82. The van der Waals surface area contributed by atoms with Crippen molar-refractivity contribution in [2.24, 2.45) is 0 Å². The maximum Gasteiger partial charge on any atom is 0.261 e. The normalized spacial score (nSPS) is 12.1. The van der Waals surface area contributed by atoms with Gasteiger partial charge in [-0.3, -0.25) is 4.79 Å². The number of fused-ring (bicyclic) bond motifs is 3. The minimum Gasteiger partial charge on any atom is -0.340 e. The van der Waals surface area contributed by atoms with E-state index in [2.05, 4.69) is 61.7 Å². The summed E-state index contributed by atoms with van der Waals surface area (Å²) in [4.78, 5) is 13.7. The summed E-state index contributed by atoms with van der Waals surface area (Å²) in [7, 11) is 0. The number of benzene rings is 2. The number of para-hydroxylation sites is 1. The first-order chi connectivity index (χ1) is 14.1. The summed E-state index contributed by atoms with van der Waals surface area (Å²) in [6.45, 7) is 7.41. The van der Waals surface area contributed by atoms with Gasteiger partial charge in [-0.15, -0.1) is 0 Å². The lowest BCUT2D eigenvalue weighted by Gasteiger charge is -2.28.